The van der Waals surface area contributed by atoms with Gasteiger partial charge in [0.25, 0.3) is 0 Å². The van der Waals surface area contributed by atoms with E-state index in [0.717, 1.165) is 11.1 Å². The first-order chi connectivity index (χ1) is 10.4. The molecule has 0 atom stereocenters. The van der Waals surface area contributed by atoms with Crippen LogP contribution in [0.15, 0.2) is 36.4 Å². The van der Waals surface area contributed by atoms with Gasteiger partial charge < -0.3 is 0 Å². The Kier molecular flexibility index (Phi) is 5.07. The molecule has 0 radical (unpaired) electrons. The van der Waals surface area contributed by atoms with E-state index >= 15 is 0 Å². The number of hydrogen-bond donors (Lipinski definition) is 0. The molecule has 0 aliphatic heterocycles. The van der Waals surface area contributed by atoms with Crippen molar-refractivity contribution in [2.75, 3.05) is 0 Å². The molecule has 0 fully saturated rings. The fourth-order valence-electron chi connectivity index (χ4n) is 2.35. The molecule has 0 unspecified atom stereocenters. The van der Waals surface area contributed by atoms with E-state index < -0.39 is 0 Å². The summed E-state index contributed by atoms with van der Waals surface area (Å²) in [4.78, 5) is 12.1. The molecule has 0 saturated heterocycles. The van der Waals surface area contributed by atoms with Gasteiger partial charge in [0.1, 0.15) is 17.4 Å². The number of carbonyl (C=O) groups is 1. The van der Waals surface area contributed by atoms with E-state index in [-0.39, 0.29) is 36.2 Å². The molecule has 0 aliphatic carbocycles. The van der Waals surface area contributed by atoms with E-state index in [0.29, 0.717) is 11.1 Å². The molecule has 116 valence electrons. The number of ketones is 1. The van der Waals surface area contributed by atoms with Crippen LogP contribution in [-0.2, 0) is 17.6 Å². The number of aryl methyl sites for hydroxylation is 1. The molecule has 0 saturated carbocycles. The number of carbonyl (C=O) groups excluding carboxylic acids is 1. The Morgan fingerprint density at radius 1 is 0.955 bits per heavy atom. The average molecular weight is 302 g/mol. The van der Waals surface area contributed by atoms with Crippen molar-refractivity contribution in [1.82, 2.24) is 0 Å². The van der Waals surface area contributed by atoms with Crippen LogP contribution in [0.4, 0.5) is 8.78 Å². The molecule has 0 N–H and O–H groups in total. The standard InChI is InChI=1S/C19H20F2O/c1-12(2)14-6-7-16(19(21)11-14)10-17(22)9-15-5-4-13(3)8-18(15)20/h4-8,11-12H,9-10H2,1-3H3. The van der Waals surface area contributed by atoms with Crippen molar-refractivity contribution in [3.63, 3.8) is 0 Å². The maximum atomic E-state index is 14.0. The molecule has 3 heteroatoms. The quantitative estimate of drug-likeness (QED) is 0.779. The van der Waals surface area contributed by atoms with Crippen molar-refractivity contribution in [1.29, 1.82) is 0 Å². The number of rotatable bonds is 5. The fraction of sp³-hybridized carbons (Fsp3) is 0.316. The van der Waals surface area contributed by atoms with E-state index in [1.54, 1.807) is 25.1 Å². The molecule has 2 aromatic rings. The summed E-state index contributed by atoms with van der Waals surface area (Å²) in [6.07, 6.45) is -0.0327. The van der Waals surface area contributed by atoms with Gasteiger partial charge in [0, 0.05) is 12.8 Å². The summed E-state index contributed by atoms with van der Waals surface area (Å²) in [5, 5.41) is 0. The lowest BCUT2D eigenvalue weighted by Gasteiger charge is -2.09. The highest BCUT2D eigenvalue weighted by Gasteiger charge is 2.13. The molecular formula is C19H20F2O. The maximum absolute atomic E-state index is 14.0. The summed E-state index contributed by atoms with van der Waals surface area (Å²) < 4.78 is 27.8. The van der Waals surface area contributed by atoms with Gasteiger partial charge >= 0.3 is 0 Å². The van der Waals surface area contributed by atoms with Crippen molar-refractivity contribution < 1.29 is 13.6 Å². The zero-order chi connectivity index (χ0) is 16.3. The maximum Gasteiger partial charge on any atom is 0.141 e. The van der Waals surface area contributed by atoms with E-state index in [4.69, 9.17) is 0 Å². The van der Waals surface area contributed by atoms with Crippen LogP contribution in [-0.4, -0.2) is 5.78 Å². The smallest absolute Gasteiger partial charge is 0.141 e. The third kappa shape index (κ3) is 4.00. The van der Waals surface area contributed by atoms with Crippen LogP contribution >= 0.6 is 0 Å². The van der Waals surface area contributed by atoms with Gasteiger partial charge in [-0.1, -0.05) is 38.1 Å². The first kappa shape index (κ1) is 16.3. The van der Waals surface area contributed by atoms with Gasteiger partial charge in [-0.05, 0) is 47.2 Å². The van der Waals surface area contributed by atoms with Crippen LogP contribution in [0.5, 0.6) is 0 Å². The molecule has 0 amide bonds. The van der Waals surface area contributed by atoms with Crippen LogP contribution in [0.1, 0.15) is 42.0 Å². The van der Waals surface area contributed by atoms with Gasteiger partial charge in [-0.15, -0.1) is 0 Å². The van der Waals surface area contributed by atoms with Gasteiger partial charge in [0.15, 0.2) is 0 Å². The molecule has 22 heavy (non-hydrogen) atoms. The first-order valence-corrected chi connectivity index (χ1v) is 7.42. The Balaban J connectivity index is 2.09. The van der Waals surface area contributed by atoms with E-state index in [1.165, 1.54) is 12.1 Å². The highest BCUT2D eigenvalue weighted by atomic mass is 19.1. The van der Waals surface area contributed by atoms with Crippen LogP contribution < -0.4 is 0 Å². The minimum absolute atomic E-state index is 0.0163. The van der Waals surface area contributed by atoms with Crippen LogP contribution in [0.25, 0.3) is 0 Å². The molecule has 0 heterocycles. The average Bonchev–Trinajstić information content (AvgIpc) is 2.44. The van der Waals surface area contributed by atoms with Gasteiger partial charge in [-0.25, -0.2) is 8.78 Å². The number of hydrogen-bond acceptors (Lipinski definition) is 1. The summed E-state index contributed by atoms with van der Waals surface area (Å²) in [5.74, 6) is -0.715. The number of halogens is 2. The molecule has 2 rings (SSSR count). The highest BCUT2D eigenvalue weighted by molar-refractivity contribution is 5.83. The fourth-order valence-corrected chi connectivity index (χ4v) is 2.35. The molecular weight excluding hydrogens is 282 g/mol. The molecule has 0 aliphatic rings. The van der Waals surface area contributed by atoms with Gasteiger partial charge in [-0.2, -0.15) is 0 Å². The second-order valence-electron chi connectivity index (χ2n) is 5.99. The Morgan fingerprint density at radius 2 is 1.50 bits per heavy atom. The second kappa shape index (κ2) is 6.82. The molecule has 2 aromatic carbocycles. The van der Waals surface area contributed by atoms with E-state index in [1.807, 2.05) is 19.9 Å². The van der Waals surface area contributed by atoms with E-state index in [9.17, 15) is 13.6 Å². The summed E-state index contributed by atoms with van der Waals surface area (Å²) in [6.45, 7) is 5.76. The zero-order valence-corrected chi connectivity index (χ0v) is 13.1. The van der Waals surface area contributed by atoms with Gasteiger partial charge in [0.05, 0.1) is 0 Å². The van der Waals surface area contributed by atoms with Crippen molar-refractivity contribution >= 4 is 5.78 Å². The minimum Gasteiger partial charge on any atom is -0.299 e. The first-order valence-electron chi connectivity index (χ1n) is 7.42. The number of benzene rings is 2. The zero-order valence-electron chi connectivity index (χ0n) is 13.1. The highest BCUT2D eigenvalue weighted by Crippen LogP contribution is 2.19. The summed E-state index contributed by atoms with van der Waals surface area (Å²) in [5.41, 5.74) is 2.43. The van der Waals surface area contributed by atoms with Crippen molar-refractivity contribution in [2.24, 2.45) is 0 Å². The van der Waals surface area contributed by atoms with E-state index in [2.05, 4.69) is 0 Å². The Labute approximate surface area is 130 Å². The molecule has 1 nitrogen and oxygen atoms in total. The third-order valence-electron chi connectivity index (χ3n) is 3.73. The summed E-state index contributed by atoms with van der Waals surface area (Å²) >= 11 is 0. The Bertz CT molecular complexity index is 690. The topological polar surface area (TPSA) is 17.1 Å². The third-order valence-corrected chi connectivity index (χ3v) is 3.73. The number of Topliss-reactive ketones (excluding diaryl/α,β-unsaturated/α-hetero) is 1. The molecule has 0 bridgehead atoms. The van der Waals surface area contributed by atoms with Crippen LogP contribution in [0.3, 0.4) is 0 Å². The van der Waals surface area contributed by atoms with Gasteiger partial charge in [-0.3, -0.25) is 4.79 Å². The summed E-state index contributed by atoms with van der Waals surface area (Å²) in [7, 11) is 0. The normalized spacial score (nSPS) is 11.0. The SMILES string of the molecule is Cc1ccc(CC(=O)Cc2ccc(C(C)C)cc2F)c(F)c1. The summed E-state index contributed by atoms with van der Waals surface area (Å²) in [6, 6.07) is 9.74. The molecule has 0 spiro atoms. The lowest BCUT2D eigenvalue weighted by atomic mass is 9.97. The lowest BCUT2D eigenvalue weighted by molar-refractivity contribution is -0.117. The van der Waals surface area contributed by atoms with Crippen LogP contribution in [0, 0.1) is 18.6 Å². The van der Waals surface area contributed by atoms with Crippen molar-refractivity contribution in [3.05, 3.63) is 70.3 Å². The predicted molar refractivity (Wildman–Crippen MR) is 84.0 cm³/mol. The monoisotopic (exact) mass is 302 g/mol. The van der Waals surface area contributed by atoms with Crippen molar-refractivity contribution in [2.45, 2.75) is 39.5 Å². The van der Waals surface area contributed by atoms with Crippen LogP contribution in [0.2, 0.25) is 0 Å². The Hall–Kier alpha value is -2.03. The lowest BCUT2D eigenvalue weighted by Crippen LogP contribution is -2.09. The van der Waals surface area contributed by atoms with Gasteiger partial charge in [0.2, 0.25) is 0 Å². The molecule has 0 aromatic heterocycles. The predicted octanol–water partition coefficient (Wildman–Crippen LogP) is 4.75. The Morgan fingerprint density at radius 3 is 2.00 bits per heavy atom. The minimum atomic E-state index is -0.385. The van der Waals surface area contributed by atoms with Crippen molar-refractivity contribution in [3.8, 4) is 0 Å². The largest absolute Gasteiger partial charge is 0.299 e. The second-order valence-corrected chi connectivity index (χ2v) is 5.99.